The first-order valence-corrected chi connectivity index (χ1v) is 7.18. The van der Waals surface area contributed by atoms with Crippen LogP contribution in [0.2, 0.25) is 0 Å². The van der Waals surface area contributed by atoms with Gasteiger partial charge in [0, 0.05) is 13.2 Å². The van der Waals surface area contributed by atoms with Gasteiger partial charge in [-0.2, -0.15) is 0 Å². The number of aliphatic hydroxyl groups is 1. The predicted molar refractivity (Wildman–Crippen MR) is 81.3 cm³/mol. The van der Waals surface area contributed by atoms with Gasteiger partial charge in [0.15, 0.2) is 0 Å². The summed E-state index contributed by atoms with van der Waals surface area (Å²) in [7, 11) is 0. The van der Waals surface area contributed by atoms with Crippen molar-refractivity contribution in [3.63, 3.8) is 0 Å². The smallest absolute Gasteiger partial charge is 0.410 e. The first-order chi connectivity index (χ1) is 10.4. The number of esters is 1. The fourth-order valence-corrected chi connectivity index (χ4v) is 1.68. The molecule has 1 aromatic rings. The van der Waals surface area contributed by atoms with Crippen LogP contribution in [-0.2, 0) is 9.47 Å². The molecule has 0 fully saturated rings. The van der Waals surface area contributed by atoms with Crippen LogP contribution in [0.15, 0.2) is 30.3 Å². The summed E-state index contributed by atoms with van der Waals surface area (Å²) in [5.74, 6) is -0.543. The molecule has 0 aromatic heterocycles. The Bertz CT molecular complexity index is 473. The van der Waals surface area contributed by atoms with E-state index in [-0.39, 0.29) is 12.0 Å². The summed E-state index contributed by atoms with van der Waals surface area (Å²) in [5.41, 5.74) is 0.245. The molecular weight excluding hydrogens is 286 g/mol. The van der Waals surface area contributed by atoms with Crippen molar-refractivity contribution < 1.29 is 24.2 Å². The molecular formula is C16H23NO5. The number of alkyl carbamates (subject to hydrolysis) is 1. The maximum Gasteiger partial charge on any atom is 0.410 e. The molecule has 0 radical (unpaired) electrons. The van der Waals surface area contributed by atoms with E-state index >= 15 is 0 Å². The Morgan fingerprint density at radius 2 is 1.86 bits per heavy atom. The van der Waals surface area contributed by atoms with Crippen LogP contribution in [0.1, 0.15) is 37.0 Å². The molecule has 0 atom stereocenters. The number of hydrogen-bond donors (Lipinski definition) is 2. The molecule has 22 heavy (non-hydrogen) atoms. The van der Waals surface area contributed by atoms with Gasteiger partial charge in [0.2, 0.25) is 6.79 Å². The van der Waals surface area contributed by atoms with E-state index in [2.05, 4.69) is 5.32 Å². The summed E-state index contributed by atoms with van der Waals surface area (Å²) < 4.78 is 9.57. The monoisotopic (exact) mass is 309 g/mol. The van der Waals surface area contributed by atoms with Gasteiger partial charge in [-0.1, -0.05) is 32.0 Å². The molecule has 0 saturated heterocycles. The highest BCUT2D eigenvalue weighted by molar-refractivity contribution is 5.89. The molecule has 0 aliphatic heterocycles. The van der Waals surface area contributed by atoms with E-state index in [0.29, 0.717) is 12.1 Å². The van der Waals surface area contributed by atoms with Gasteiger partial charge in [-0.25, -0.2) is 9.59 Å². The van der Waals surface area contributed by atoms with Gasteiger partial charge in [0.25, 0.3) is 0 Å². The molecule has 6 heteroatoms. The minimum absolute atomic E-state index is 0.104. The van der Waals surface area contributed by atoms with Crippen molar-refractivity contribution in [2.24, 2.45) is 5.41 Å². The lowest BCUT2D eigenvalue weighted by atomic mass is 9.89. The van der Waals surface area contributed by atoms with E-state index in [1.54, 1.807) is 30.3 Å². The third-order valence-corrected chi connectivity index (χ3v) is 3.12. The molecule has 0 unspecified atom stereocenters. The van der Waals surface area contributed by atoms with E-state index in [1.807, 2.05) is 13.8 Å². The average molecular weight is 309 g/mol. The largest absolute Gasteiger partial charge is 0.424 e. The zero-order chi connectivity index (χ0) is 16.4. The van der Waals surface area contributed by atoms with Crippen LogP contribution in [0.3, 0.4) is 0 Å². The second kappa shape index (κ2) is 9.04. The van der Waals surface area contributed by atoms with E-state index in [9.17, 15) is 9.59 Å². The van der Waals surface area contributed by atoms with Crippen LogP contribution in [0.25, 0.3) is 0 Å². The van der Waals surface area contributed by atoms with Crippen molar-refractivity contribution in [3.8, 4) is 0 Å². The summed E-state index contributed by atoms with van der Waals surface area (Å²) >= 11 is 0. The van der Waals surface area contributed by atoms with Crippen LogP contribution < -0.4 is 5.32 Å². The number of amides is 1. The molecule has 0 aliphatic rings. The average Bonchev–Trinajstić information content (AvgIpc) is 2.52. The Kier molecular flexibility index (Phi) is 7.39. The highest BCUT2D eigenvalue weighted by atomic mass is 16.7. The Balaban J connectivity index is 2.12. The molecule has 0 spiro atoms. The van der Waals surface area contributed by atoms with Crippen LogP contribution in [0.4, 0.5) is 4.79 Å². The van der Waals surface area contributed by atoms with E-state index in [0.717, 1.165) is 12.8 Å². The Hall–Kier alpha value is -2.08. The molecule has 1 aromatic carbocycles. The number of carbonyl (C=O) groups excluding carboxylic acids is 2. The molecule has 0 heterocycles. The fraction of sp³-hybridized carbons (Fsp3) is 0.500. The standard InChI is InChI=1S/C16H23NO5/c1-16(2,11-18)9-6-10-17-15(20)22-12-21-14(19)13-7-4-3-5-8-13/h3-5,7-8,18H,6,9-12H2,1-2H3,(H,17,20). The van der Waals surface area contributed by atoms with Gasteiger partial charge in [-0.15, -0.1) is 0 Å². The lowest BCUT2D eigenvalue weighted by Crippen LogP contribution is -2.28. The second-order valence-corrected chi connectivity index (χ2v) is 5.70. The number of hydrogen-bond acceptors (Lipinski definition) is 5. The van der Waals surface area contributed by atoms with Crippen LogP contribution >= 0.6 is 0 Å². The number of ether oxygens (including phenoxy) is 2. The first-order valence-electron chi connectivity index (χ1n) is 7.18. The van der Waals surface area contributed by atoms with Crippen molar-refractivity contribution in [2.75, 3.05) is 19.9 Å². The molecule has 122 valence electrons. The van der Waals surface area contributed by atoms with Gasteiger partial charge in [0.05, 0.1) is 5.56 Å². The highest BCUT2D eigenvalue weighted by Gasteiger charge is 2.15. The summed E-state index contributed by atoms with van der Waals surface area (Å²) in [5, 5.41) is 11.7. The number of nitrogens with one attached hydrogen (secondary N) is 1. The summed E-state index contributed by atoms with van der Waals surface area (Å²) in [4.78, 5) is 23.0. The van der Waals surface area contributed by atoms with Crippen LogP contribution in [0, 0.1) is 5.41 Å². The first kappa shape index (κ1) is 18.0. The molecule has 1 amide bonds. The molecule has 0 bridgehead atoms. The third-order valence-electron chi connectivity index (χ3n) is 3.12. The summed E-state index contributed by atoms with van der Waals surface area (Å²) in [6.07, 6.45) is 0.877. The second-order valence-electron chi connectivity index (χ2n) is 5.70. The number of rotatable bonds is 8. The molecule has 0 saturated carbocycles. The van der Waals surface area contributed by atoms with Crippen molar-refractivity contribution in [2.45, 2.75) is 26.7 Å². The quantitative estimate of drug-likeness (QED) is 0.437. The molecule has 0 aliphatic carbocycles. The zero-order valence-corrected chi connectivity index (χ0v) is 13.0. The highest BCUT2D eigenvalue weighted by Crippen LogP contribution is 2.20. The van der Waals surface area contributed by atoms with Gasteiger partial charge >= 0.3 is 12.1 Å². The van der Waals surface area contributed by atoms with Crippen molar-refractivity contribution in [1.29, 1.82) is 0 Å². The van der Waals surface area contributed by atoms with Crippen LogP contribution in [-0.4, -0.2) is 37.1 Å². The van der Waals surface area contributed by atoms with Gasteiger partial charge in [-0.3, -0.25) is 0 Å². The Morgan fingerprint density at radius 1 is 1.18 bits per heavy atom. The molecule has 6 nitrogen and oxygen atoms in total. The van der Waals surface area contributed by atoms with Crippen molar-refractivity contribution in [3.05, 3.63) is 35.9 Å². The van der Waals surface area contributed by atoms with Crippen LogP contribution in [0.5, 0.6) is 0 Å². The van der Waals surface area contributed by atoms with Gasteiger partial charge in [0.1, 0.15) is 0 Å². The predicted octanol–water partition coefficient (Wildman–Crippen LogP) is 2.33. The third kappa shape index (κ3) is 7.08. The number of benzene rings is 1. The van der Waals surface area contributed by atoms with Gasteiger partial charge < -0.3 is 19.9 Å². The minimum atomic E-state index is -0.636. The van der Waals surface area contributed by atoms with Crippen molar-refractivity contribution in [1.82, 2.24) is 5.32 Å². The topological polar surface area (TPSA) is 84.9 Å². The Morgan fingerprint density at radius 3 is 2.50 bits per heavy atom. The maximum absolute atomic E-state index is 11.6. The maximum atomic E-state index is 11.6. The minimum Gasteiger partial charge on any atom is -0.424 e. The zero-order valence-electron chi connectivity index (χ0n) is 13.0. The summed E-state index contributed by atoms with van der Waals surface area (Å²) in [6.45, 7) is 4.02. The van der Waals surface area contributed by atoms with Crippen molar-refractivity contribution >= 4 is 12.1 Å². The summed E-state index contributed by atoms with van der Waals surface area (Å²) in [6, 6.07) is 8.46. The number of carbonyl (C=O) groups is 2. The fourth-order valence-electron chi connectivity index (χ4n) is 1.68. The molecule has 2 N–H and O–H groups in total. The lowest BCUT2D eigenvalue weighted by Gasteiger charge is -2.21. The Labute approximate surface area is 130 Å². The number of aliphatic hydroxyl groups excluding tert-OH is 1. The van der Waals surface area contributed by atoms with E-state index in [4.69, 9.17) is 14.6 Å². The van der Waals surface area contributed by atoms with E-state index < -0.39 is 18.9 Å². The van der Waals surface area contributed by atoms with Gasteiger partial charge in [-0.05, 0) is 30.4 Å². The molecule has 1 rings (SSSR count). The lowest BCUT2D eigenvalue weighted by molar-refractivity contribution is -0.00231. The van der Waals surface area contributed by atoms with E-state index in [1.165, 1.54) is 0 Å². The SMILES string of the molecule is CC(C)(CO)CCCNC(=O)OCOC(=O)c1ccccc1. The normalized spacial score (nSPS) is 10.9.